The first kappa shape index (κ1) is 18.7. The molecular formula is C16H25IN4O. The van der Waals surface area contributed by atoms with Crippen LogP contribution in [-0.2, 0) is 4.79 Å². The highest BCUT2D eigenvalue weighted by Gasteiger charge is 2.24. The number of amides is 1. The molecule has 0 spiro atoms. The van der Waals surface area contributed by atoms with E-state index in [1.165, 1.54) is 5.56 Å². The second-order valence-corrected chi connectivity index (χ2v) is 5.27. The normalized spacial score (nSPS) is 17.1. The van der Waals surface area contributed by atoms with Gasteiger partial charge in [-0.05, 0) is 18.1 Å². The van der Waals surface area contributed by atoms with E-state index in [1.54, 1.807) is 7.05 Å². The van der Waals surface area contributed by atoms with Crippen LogP contribution in [0.2, 0.25) is 0 Å². The Labute approximate surface area is 149 Å². The second kappa shape index (κ2) is 9.66. The van der Waals surface area contributed by atoms with Crippen LogP contribution < -0.4 is 16.0 Å². The first-order valence-corrected chi connectivity index (χ1v) is 7.58. The molecule has 1 aliphatic heterocycles. The summed E-state index contributed by atoms with van der Waals surface area (Å²) >= 11 is 0. The van der Waals surface area contributed by atoms with Gasteiger partial charge in [0.25, 0.3) is 0 Å². The maximum absolute atomic E-state index is 11.8. The fourth-order valence-electron chi connectivity index (χ4n) is 2.51. The van der Waals surface area contributed by atoms with Crippen LogP contribution in [0.5, 0.6) is 0 Å². The number of para-hydroxylation sites is 1. The molecule has 1 aromatic rings. The van der Waals surface area contributed by atoms with E-state index in [0.717, 1.165) is 31.0 Å². The van der Waals surface area contributed by atoms with Crippen LogP contribution in [0, 0.1) is 0 Å². The SMILES string of the molecule is CCCCNC(=NC)NCC1CC(=O)Nc2ccccc21.I. The zero-order chi connectivity index (χ0) is 15.1. The number of nitrogens with zero attached hydrogens (tertiary/aromatic N) is 1. The molecule has 3 N–H and O–H groups in total. The first-order chi connectivity index (χ1) is 10.2. The predicted molar refractivity (Wildman–Crippen MR) is 102 cm³/mol. The molecule has 0 aliphatic carbocycles. The molecule has 0 radical (unpaired) electrons. The van der Waals surface area contributed by atoms with Crippen LogP contribution in [0.4, 0.5) is 5.69 Å². The molecule has 0 bridgehead atoms. The van der Waals surface area contributed by atoms with Gasteiger partial charge in [-0.2, -0.15) is 0 Å². The zero-order valence-electron chi connectivity index (χ0n) is 13.2. The van der Waals surface area contributed by atoms with Gasteiger partial charge in [-0.1, -0.05) is 31.5 Å². The van der Waals surface area contributed by atoms with Crippen LogP contribution in [-0.4, -0.2) is 32.0 Å². The molecule has 1 aliphatic rings. The maximum Gasteiger partial charge on any atom is 0.225 e. The highest BCUT2D eigenvalue weighted by atomic mass is 127. The number of aliphatic imine (C=N–C) groups is 1. The molecule has 6 heteroatoms. The summed E-state index contributed by atoms with van der Waals surface area (Å²) in [6.45, 7) is 3.78. The summed E-state index contributed by atoms with van der Waals surface area (Å²) in [6, 6.07) is 7.99. The minimum atomic E-state index is 0. The fourth-order valence-corrected chi connectivity index (χ4v) is 2.51. The van der Waals surface area contributed by atoms with Gasteiger partial charge in [0.1, 0.15) is 0 Å². The Hall–Kier alpha value is -1.31. The number of carbonyl (C=O) groups excluding carboxylic acids is 1. The highest BCUT2D eigenvalue weighted by Crippen LogP contribution is 2.31. The molecule has 0 aromatic heterocycles. The number of hydrogen-bond acceptors (Lipinski definition) is 2. The van der Waals surface area contributed by atoms with Gasteiger partial charge in [0.2, 0.25) is 5.91 Å². The molecule has 5 nitrogen and oxygen atoms in total. The Morgan fingerprint density at radius 3 is 2.86 bits per heavy atom. The van der Waals surface area contributed by atoms with Gasteiger partial charge >= 0.3 is 0 Å². The molecule has 0 saturated heterocycles. The van der Waals surface area contributed by atoms with Gasteiger partial charge in [0.15, 0.2) is 5.96 Å². The quantitative estimate of drug-likeness (QED) is 0.299. The highest BCUT2D eigenvalue weighted by molar-refractivity contribution is 14.0. The first-order valence-electron chi connectivity index (χ1n) is 7.58. The number of fused-ring (bicyclic) bond motifs is 1. The van der Waals surface area contributed by atoms with Crippen molar-refractivity contribution in [1.82, 2.24) is 10.6 Å². The Bertz CT molecular complexity index is 519. The monoisotopic (exact) mass is 416 g/mol. The van der Waals surface area contributed by atoms with E-state index >= 15 is 0 Å². The third-order valence-electron chi connectivity index (χ3n) is 3.67. The number of halogens is 1. The van der Waals surface area contributed by atoms with E-state index in [-0.39, 0.29) is 35.8 Å². The number of nitrogens with one attached hydrogen (secondary N) is 3. The van der Waals surface area contributed by atoms with Crippen molar-refractivity contribution in [2.75, 3.05) is 25.5 Å². The summed E-state index contributed by atoms with van der Waals surface area (Å²) in [5.41, 5.74) is 2.11. The zero-order valence-corrected chi connectivity index (χ0v) is 15.5. The van der Waals surface area contributed by atoms with Crippen LogP contribution >= 0.6 is 24.0 Å². The molecule has 0 saturated carbocycles. The largest absolute Gasteiger partial charge is 0.356 e. The molecule has 1 unspecified atom stereocenters. The molecule has 22 heavy (non-hydrogen) atoms. The van der Waals surface area contributed by atoms with Crippen LogP contribution in [0.15, 0.2) is 29.3 Å². The molecule has 122 valence electrons. The fraction of sp³-hybridized carbons (Fsp3) is 0.500. The lowest BCUT2D eigenvalue weighted by Gasteiger charge is -2.26. The van der Waals surface area contributed by atoms with Crippen molar-refractivity contribution in [3.8, 4) is 0 Å². The Morgan fingerprint density at radius 1 is 1.36 bits per heavy atom. The van der Waals surface area contributed by atoms with Gasteiger partial charge < -0.3 is 16.0 Å². The third kappa shape index (κ3) is 5.15. The smallest absolute Gasteiger partial charge is 0.225 e. The lowest BCUT2D eigenvalue weighted by atomic mass is 9.90. The van der Waals surface area contributed by atoms with E-state index in [9.17, 15) is 4.79 Å². The number of rotatable bonds is 5. The number of hydrogen-bond donors (Lipinski definition) is 3. The number of carbonyl (C=O) groups is 1. The lowest BCUT2D eigenvalue weighted by Crippen LogP contribution is -2.41. The summed E-state index contributed by atoms with van der Waals surface area (Å²) in [4.78, 5) is 16.0. The summed E-state index contributed by atoms with van der Waals surface area (Å²) in [6.07, 6.45) is 2.78. The summed E-state index contributed by atoms with van der Waals surface area (Å²) in [7, 11) is 1.77. The van der Waals surface area contributed by atoms with Gasteiger partial charge in [-0.25, -0.2) is 0 Å². The van der Waals surface area contributed by atoms with Crippen molar-refractivity contribution in [2.45, 2.75) is 32.1 Å². The van der Waals surface area contributed by atoms with Crippen molar-refractivity contribution in [2.24, 2.45) is 4.99 Å². The lowest BCUT2D eigenvalue weighted by molar-refractivity contribution is -0.116. The second-order valence-electron chi connectivity index (χ2n) is 5.27. The molecular weight excluding hydrogens is 391 g/mol. The van der Waals surface area contributed by atoms with Crippen LogP contribution in [0.25, 0.3) is 0 Å². The van der Waals surface area contributed by atoms with Crippen molar-refractivity contribution >= 4 is 41.5 Å². The van der Waals surface area contributed by atoms with Gasteiger partial charge in [0, 0.05) is 38.2 Å². The number of benzene rings is 1. The molecule has 1 atom stereocenters. The minimum Gasteiger partial charge on any atom is -0.356 e. The van der Waals surface area contributed by atoms with Crippen molar-refractivity contribution in [3.05, 3.63) is 29.8 Å². The summed E-state index contributed by atoms with van der Waals surface area (Å²) in [5, 5.41) is 9.52. The van der Waals surface area contributed by atoms with Crippen LogP contribution in [0.1, 0.15) is 37.7 Å². The van der Waals surface area contributed by atoms with E-state index in [0.29, 0.717) is 13.0 Å². The average molecular weight is 416 g/mol. The average Bonchev–Trinajstić information content (AvgIpc) is 2.50. The van der Waals surface area contributed by atoms with Crippen molar-refractivity contribution in [3.63, 3.8) is 0 Å². The van der Waals surface area contributed by atoms with Crippen molar-refractivity contribution in [1.29, 1.82) is 0 Å². The Balaban J connectivity index is 0.00000242. The predicted octanol–water partition coefficient (Wildman–Crippen LogP) is 2.70. The molecule has 1 aromatic carbocycles. The van der Waals surface area contributed by atoms with Gasteiger partial charge in [-0.3, -0.25) is 9.79 Å². The van der Waals surface area contributed by atoms with E-state index in [2.05, 4.69) is 33.9 Å². The Kier molecular flexibility index (Phi) is 8.22. The Morgan fingerprint density at radius 2 is 2.14 bits per heavy atom. The number of anilines is 1. The molecule has 0 fully saturated rings. The third-order valence-corrected chi connectivity index (χ3v) is 3.67. The van der Waals surface area contributed by atoms with E-state index < -0.39 is 0 Å². The minimum absolute atomic E-state index is 0. The molecule has 2 rings (SSSR count). The topological polar surface area (TPSA) is 65.5 Å². The van der Waals surface area contributed by atoms with E-state index in [4.69, 9.17) is 0 Å². The number of unbranched alkanes of at least 4 members (excludes halogenated alkanes) is 1. The van der Waals surface area contributed by atoms with Crippen molar-refractivity contribution < 1.29 is 4.79 Å². The maximum atomic E-state index is 11.8. The summed E-state index contributed by atoms with van der Waals surface area (Å²) in [5.74, 6) is 1.06. The molecule has 1 amide bonds. The van der Waals surface area contributed by atoms with Crippen LogP contribution in [0.3, 0.4) is 0 Å². The van der Waals surface area contributed by atoms with Gasteiger partial charge in [-0.15, -0.1) is 24.0 Å². The molecule has 1 heterocycles. The van der Waals surface area contributed by atoms with E-state index in [1.807, 2.05) is 18.2 Å². The van der Waals surface area contributed by atoms with Gasteiger partial charge in [0.05, 0.1) is 0 Å². The standard InChI is InChI=1S/C16H24N4O.HI/c1-3-4-9-18-16(17-2)19-11-12-10-15(21)20-14-8-6-5-7-13(12)14;/h5-8,12H,3-4,9-11H2,1-2H3,(H,20,21)(H2,17,18,19);1H. The summed E-state index contributed by atoms with van der Waals surface area (Å²) < 4.78 is 0. The number of guanidine groups is 1.